The number of rotatable bonds is 4. The zero-order chi connectivity index (χ0) is 19.8. The van der Waals surface area contributed by atoms with Crippen LogP contribution in [0.5, 0.6) is 0 Å². The van der Waals surface area contributed by atoms with Crippen molar-refractivity contribution < 1.29 is 14.7 Å². The minimum absolute atomic E-state index is 0.121. The number of hydrogen-bond acceptors (Lipinski definition) is 4. The van der Waals surface area contributed by atoms with Gasteiger partial charge in [-0.3, -0.25) is 14.7 Å². The number of carbonyl (C=O) groups is 2. The van der Waals surface area contributed by atoms with Crippen molar-refractivity contribution in [3.05, 3.63) is 51.9 Å². The number of aromatic amines is 2. The molecule has 0 spiro atoms. The molecule has 9 heteroatoms. The number of aliphatic hydroxyl groups excluding tert-OH is 1. The van der Waals surface area contributed by atoms with Gasteiger partial charge in [-0.05, 0) is 18.2 Å². The Hall–Kier alpha value is -2.84. The Bertz CT molecular complexity index is 1060. The quantitative estimate of drug-likeness (QED) is 0.620. The van der Waals surface area contributed by atoms with Gasteiger partial charge in [0.25, 0.3) is 11.8 Å². The van der Waals surface area contributed by atoms with Crippen LogP contribution < -0.4 is 0 Å². The second-order valence-electron chi connectivity index (χ2n) is 6.87. The highest BCUT2D eigenvalue weighted by Crippen LogP contribution is 2.25. The lowest BCUT2D eigenvalue weighted by atomic mass is 10.0. The first-order valence-electron chi connectivity index (χ1n) is 8.98. The van der Waals surface area contributed by atoms with E-state index in [2.05, 4.69) is 15.2 Å². The van der Waals surface area contributed by atoms with Gasteiger partial charge in [-0.15, -0.1) is 0 Å². The lowest BCUT2D eigenvalue weighted by Gasteiger charge is -2.27. The van der Waals surface area contributed by atoms with Gasteiger partial charge in [0, 0.05) is 53.7 Å². The van der Waals surface area contributed by atoms with E-state index in [1.807, 2.05) is 6.07 Å². The van der Waals surface area contributed by atoms with Gasteiger partial charge in [0.2, 0.25) is 0 Å². The normalized spacial score (nSPS) is 13.6. The Morgan fingerprint density at radius 2 is 2.18 bits per heavy atom. The maximum absolute atomic E-state index is 13.0. The molecule has 1 aromatic carbocycles. The zero-order valence-electron chi connectivity index (χ0n) is 15.3. The number of carbonyl (C=O) groups excluding carboxylic acids is 2. The Balaban J connectivity index is 1.58. The number of amides is 2. The van der Waals surface area contributed by atoms with Crippen molar-refractivity contribution in [3.63, 3.8) is 0 Å². The van der Waals surface area contributed by atoms with E-state index in [9.17, 15) is 9.59 Å². The molecule has 0 aliphatic carbocycles. The summed E-state index contributed by atoms with van der Waals surface area (Å²) in [6.45, 7) is 0.934. The summed E-state index contributed by atoms with van der Waals surface area (Å²) in [5.41, 5.74) is 3.18. The van der Waals surface area contributed by atoms with Gasteiger partial charge in [0.15, 0.2) is 5.69 Å². The van der Waals surface area contributed by atoms with E-state index in [1.165, 1.54) is 4.90 Å². The predicted octanol–water partition coefficient (Wildman–Crippen LogP) is 1.81. The number of hydrogen-bond donors (Lipinski definition) is 3. The SMILES string of the molecule is CN(CCO)C(=O)c1n[nH]c2c1CN(C(=O)c1cc3ccc(Cl)cc3[nH]1)CC2. The van der Waals surface area contributed by atoms with Crippen LogP contribution in [0, 0.1) is 0 Å². The van der Waals surface area contributed by atoms with E-state index in [-0.39, 0.29) is 25.0 Å². The zero-order valence-corrected chi connectivity index (χ0v) is 16.1. The van der Waals surface area contributed by atoms with Crippen molar-refractivity contribution in [2.75, 3.05) is 26.7 Å². The number of fused-ring (bicyclic) bond motifs is 2. The van der Waals surface area contributed by atoms with Gasteiger partial charge in [0.05, 0.1) is 13.2 Å². The van der Waals surface area contributed by atoms with E-state index in [4.69, 9.17) is 16.7 Å². The molecule has 0 saturated carbocycles. The summed E-state index contributed by atoms with van der Waals surface area (Å²) in [4.78, 5) is 31.8. The number of halogens is 1. The van der Waals surface area contributed by atoms with Gasteiger partial charge in [0.1, 0.15) is 5.69 Å². The third-order valence-electron chi connectivity index (χ3n) is 5.02. The van der Waals surface area contributed by atoms with Crippen molar-refractivity contribution in [3.8, 4) is 0 Å². The Labute approximate surface area is 166 Å². The van der Waals surface area contributed by atoms with Gasteiger partial charge in [-0.1, -0.05) is 17.7 Å². The molecule has 4 rings (SSSR count). The molecular weight excluding hydrogens is 382 g/mol. The summed E-state index contributed by atoms with van der Waals surface area (Å²) in [7, 11) is 1.61. The van der Waals surface area contributed by atoms with Crippen molar-refractivity contribution in [2.24, 2.45) is 0 Å². The molecule has 0 fully saturated rings. The average Bonchev–Trinajstić information content (AvgIpc) is 3.30. The topological polar surface area (TPSA) is 105 Å². The first-order valence-corrected chi connectivity index (χ1v) is 9.35. The van der Waals surface area contributed by atoms with E-state index in [0.29, 0.717) is 35.9 Å². The Morgan fingerprint density at radius 1 is 1.36 bits per heavy atom. The molecule has 3 N–H and O–H groups in total. The number of H-pyrrole nitrogens is 2. The van der Waals surface area contributed by atoms with Crippen LogP contribution in [-0.2, 0) is 13.0 Å². The molecule has 1 aliphatic heterocycles. The van der Waals surface area contributed by atoms with E-state index in [1.54, 1.807) is 30.1 Å². The fourth-order valence-corrected chi connectivity index (χ4v) is 3.63. The summed E-state index contributed by atoms with van der Waals surface area (Å²) < 4.78 is 0. The van der Waals surface area contributed by atoms with Crippen LogP contribution in [0.25, 0.3) is 10.9 Å². The molecule has 2 aromatic heterocycles. The molecule has 1 aliphatic rings. The fraction of sp³-hybridized carbons (Fsp3) is 0.316. The largest absolute Gasteiger partial charge is 0.395 e. The highest BCUT2D eigenvalue weighted by molar-refractivity contribution is 6.31. The smallest absolute Gasteiger partial charge is 0.274 e. The average molecular weight is 402 g/mol. The van der Waals surface area contributed by atoms with Gasteiger partial charge in [-0.2, -0.15) is 5.10 Å². The molecule has 0 bridgehead atoms. The second-order valence-corrected chi connectivity index (χ2v) is 7.31. The molecule has 3 aromatic rings. The summed E-state index contributed by atoms with van der Waals surface area (Å²) in [5.74, 6) is -0.414. The molecule has 3 heterocycles. The lowest BCUT2D eigenvalue weighted by Crippen LogP contribution is -2.37. The first-order chi connectivity index (χ1) is 13.5. The Kier molecular flexibility index (Phi) is 4.82. The van der Waals surface area contributed by atoms with Crippen LogP contribution in [0.1, 0.15) is 32.2 Å². The number of aliphatic hydroxyl groups is 1. The monoisotopic (exact) mass is 401 g/mol. The van der Waals surface area contributed by atoms with Crippen LogP contribution in [0.3, 0.4) is 0 Å². The maximum atomic E-state index is 13.0. The standard InChI is InChI=1S/C19H20ClN5O3/c1-24(6-7-26)19(28)17-13-10-25(5-4-14(13)22-23-17)18(27)16-8-11-2-3-12(20)9-15(11)21-16/h2-3,8-9,21,26H,4-7,10H2,1H3,(H,22,23). The maximum Gasteiger partial charge on any atom is 0.274 e. The summed E-state index contributed by atoms with van der Waals surface area (Å²) in [6, 6.07) is 7.24. The molecular formula is C19H20ClN5O3. The number of nitrogens with one attached hydrogen (secondary N) is 2. The van der Waals surface area contributed by atoms with Crippen LogP contribution in [-0.4, -0.2) is 68.6 Å². The minimum atomic E-state index is -0.277. The third-order valence-corrected chi connectivity index (χ3v) is 5.26. The number of likely N-dealkylation sites (N-methyl/N-ethyl adjacent to an activating group) is 1. The summed E-state index contributed by atoms with van der Waals surface area (Å²) in [6.07, 6.45) is 0.594. The highest BCUT2D eigenvalue weighted by atomic mass is 35.5. The van der Waals surface area contributed by atoms with Crippen LogP contribution in [0.15, 0.2) is 24.3 Å². The van der Waals surface area contributed by atoms with E-state index in [0.717, 1.165) is 22.2 Å². The van der Waals surface area contributed by atoms with Gasteiger partial charge < -0.3 is 19.9 Å². The number of aromatic nitrogens is 3. The minimum Gasteiger partial charge on any atom is -0.395 e. The fourth-order valence-electron chi connectivity index (χ4n) is 3.46. The van der Waals surface area contributed by atoms with E-state index >= 15 is 0 Å². The Morgan fingerprint density at radius 3 is 2.96 bits per heavy atom. The summed E-state index contributed by atoms with van der Waals surface area (Å²) >= 11 is 6.02. The molecule has 0 radical (unpaired) electrons. The van der Waals surface area contributed by atoms with Crippen LogP contribution in [0.2, 0.25) is 5.02 Å². The van der Waals surface area contributed by atoms with Crippen LogP contribution in [0.4, 0.5) is 0 Å². The first kappa shape index (κ1) is 18.5. The molecule has 28 heavy (non-hydrogen) atoms. The molecule has 0 saturated heterocycles. The predicted molar refractivity (Wildman–Crippen MR) is 104 cm³/mol. The van der Waals surface area contributed by atoms with Crippen molar-refractivity contribution in [1.82, 2.24) is 25.0 Å². The van der Waals surface area contributed by atoms with E-state index < -0.39 is 0 Å². The molecule has 0 atom stereocenters. The summed E-state index contributed by atoms with van der Waals surface area (Å²) in [5, 5.41) is 17.6. The van der Waals surface area contributed by atoms with Gasteiger partial charge >= 0.3 is 0 Å². The molecule has 8 nitrogen and oxygen atoms in total. The molecule has 146 valence electrons. The van der Waals surface area contributed by atoms with Crippen molar-refractivity contribution in [1.29, 1.82) is 0 Å². The second kappa shape index (κ2) is 7.29. The third kappa shape index (κ3) is 3.25. The number of benzene rings is 1. The molecule has 0 unspecified atom stereocenters. The van der Waals surface area contributed by atoms with Crippen molar-refractivity contribution >= 4 is 34.3 Å². The number of nitrogens with zero attached hydrogens (tertiary/aromatic N) is 3. The van der Waals surface area contributed by atoms with Crippen molar-refractivity contribution in [2.45, 2.75) is 13.0 Å². The van der Waals surface area contributed by atoms with Crippen LogP contribution >= 0.6 is 11.6 Å². The molecule has 2 amide bonds. The highest BCUT2D eigenvalue weighted by Gasteiger charge is 2.29. The van der Waals surface area contributed by atoms with Gasteiger partial charge in [-0.25, -0.2) is 0 Å². The lowest BCUT2D eigenvalue weighted by molar-refractivity contribution is 0.0714.